The molecule has 0 aromatic carbocycles. The van der Waals surface area contributed by atoms with Crippen molar-refractivity contribution in [1.29, 1.82) is 0 Å². The summed E-state index contributed by atoms with van der Waals surface area (Å²) >= 11 is 0. The lowest BCUT2D eigenvalue weighted by molar-refractivity contribution is 1.28. The summed E-state index contributed by atoms with van der Waals surface area (Å²) < 4.78 is 0. The van der Waals surface area contributed by atoms with Crippen LogP contribution in [0.1, 0.15) is 0 Å². The first-order valence-electron chi connectivity index (χ1n) is 7.97. The first-order valence-corrected chi connectivity index (χ1v) is 7.97. The Labute approximate surface area is 143 Å². The zero-order valence-electron chi connectivity index (χ0n) is 13.2. The lowest BCUT2D eigenvalue weighted by Gasteiger charge is -2.02. The van der Waals surface area contributed by atoms with Crippen molar-refractivity contribution in [1.82, 2.24) is 24.9 Å². The number of rotatable bonds is 2. The van der Waals surface area contributed by atoms with E-state index in [2.05, 4.69) is 37.1 Å². The molecule has 0 amide bonds. The Hall–Kier alpha value is -3.60. The van der Waals surface area contributed by atoms with Crippen molar-refractivity contribution in [2.75, 3.05) is 0 Å². The molecule has 5 heterocycles. The van der Waals surface area contributed by atoms with Crippen LogP contribution >= 0.6 is 0 Å². The van der Waals surface area contributed by atoms with Gasteiger partial charge in [-0.1, -0.05) is 6.07 Å². The van der Waals surface area contributed by atoms with Crippen molar-refractivity contribution in [3.63, 3.8) is 0 Å². The summed E-state index contributed by atoms with van der Waals surface area (Å²) in [5.41, 5.74) is 5.81. The number of nitrogens with one attached hydrogen (secondary N) is 1. The smallest absolute Gasteiger partial charge is 0.138 e. The van der Waals surface area contributed by atoms with E-state index in [0.29, 0.717) is 0 Å². The summed E-state index contributed by atoms with van der Waals surface area (Å²) in [6.07, 6.45) is 10.9. The number of nitrogens with zero attached hydrogens (tertiary/aromatic N) is 4. The number of pyridine rings is 4. The minimum Gasteiger partial charge on any atom is -0.338 e. The summed E-state index contributed by atoms with van der Waals surface area (Å²) in [4.78, 5) is 20.8. The van der Waals surface area contributed by atoms with Crippen molar-refractivity contribution in [2.45, 2.75) is 0 Å². The van der Waals surface area contributed by atoms with Gasteiger partial charge in [0.25, 0.3) is 0 Å². The zero-order chi connectivity index (χ0) is 16.6. The summed E-state index contributed by atoms with van der Waals surface area (Å²) in [5.74, 6) is 0. The minimum absolute atomic E-state index is 0.854. The molecule has 5 aromatic rings. The Balaban J connectivity index is 1.73. The SMILES string of the molecule is c1cncc(-c2cnc3[nH]c4cnc(-c5cccnc5)cc4c3c2)c1. The van der Waals surface area contributed by atoms with E-state index in [-0.39, 0.29) is 0 Å². The topological polar surface area (TPSA) is 67.3 Å². The van der Waals surface area contributed by atoms with Gasteiger partial charge >= 0.3 is 0 Å². The molecule has 1 N–H and O–H groups in total. The molecule has 0 bridgehead atoms. The third-order valence-electron chi connectivity index (χ3n) is 4.29. The molecule has 25 heavy (non-hydrogen) atoms. The van der Waals surface area contributed by atoms with Crippen LogP contribution in [-0.2, 0) is 0 Å². The van der Waals surface area contributed by atoms with Gasteiger partial charge in [0.15, 0.2) is 0 Å². The van der Waals surface area contributed by atoms with Crippen LogP contribution in [0.5, 0.6) is 0 Å². The van der Waals surface area contributed by atoms with Crippen molar-refractivity contribution in [2.24, 2.45) is 0 Å². The molecule has 5 aromatic heterocycles. The summed E-state index contributed by atoms with van der Waals surface area (Å²) in [6, 6.07) is 12.1. The Morgan fingerprint density at radius 2 is 1.48 bits per heavy atom. The number of hydrogen-bond donors (Lipinski definition) is 1. The van der Waals surface area contributed by atoms with Gasteiger partial charge < -0.3 is 4.98 Å². The van der Waals surface area contributed by atoms with Gasteiger partial charge in [-0.3, -0.25) is 15.0 Å². The van der Waals surface area contributed by atoms with Crippen molar-refractivity contribution in [3.8, 4) is 22.4 Å². The second-order valence-corrected chi connectivity index (χ2v) is 5.84. The fraction of sp³-hybridized carbons (Fsp3) is 0. The highest BCUT2D eigenvalue weighted by atomic mass is 14.9. The molecule has 0 spiro atoms. The van der Waals surface area contributed by atoms with E-state index < -0.39 is 0 Å². The van der Waals surface area contributed by atoms with Crippen LogP contribution < -0.4 is 0 Å². The number of fused-ring (bicyclic) bond motifs is 3. The van der Waals surface area contributed by atoms with E-state index in [9.17, 15) is 0 Å². The van der Waals surface area contributed by atoms with Crippen LogP contribution in [0, 0.1) is 0 Å². The Morgan fingerprint density at radius 1 is 0.680 bits per heavy atom. The number of aromatic amines is 1. The van der Waals surface area contributed by atoms with Crippen molar-refractivity contribution in [3.05, 3.63) is 73.6 Å². The van der Waals surface area contributed by atoms with E-state index in [4.69, 9.17) is 0 Å². The lowest BCUT2D eigenvalue weighted by atomic mass is 10.1. The maximum atomic E-state index is 4.57. The predicted molar refractivity (Wildman–Crippen MR) is 97.9 cm³/mol. The molecule has 118 valence electrons. The van der Waals surface area contributed by atoms with Gasteiger partial charge in [-0.15, -0.1) is 0 Å². The first-order chi connectivity index (χ1) is 12.4. The average Bonchev–Trinajstić information content (AvgIpc) is 3.06. The van der Waals surface area contributed by atoms with Crippen LogP contribution in [0.2, 0.25) is 0 Å². The number of aromatic nitrogens is 5. The van der Waals surface area contributed by atoms with Crippen LogP contribution in [0.25, 0.3) is 44.3 Å². The Kier molecular flexibility index (Phi) is 3.03. The highest BCUT2D eigenvalue weighted by molar-refractivity contribution is 6.07. The third kappa shape index (κ3) is 2.33. The standard InChI is InChI=1S/C20H13N5/c1-3-13(9-21-5-1)15-7-17-16-8-18(14-4-2-6-22-10-14)23-12-19(16)25-20(17)24-11-15/h1-12H,(H,24,25). The molecule has 5 heteroatoms. The average molecular weight is 323 g/mol. The largest absolute Gasteiger partial charge is 0.338 e. The number of H-pyrrole nitrogens is 1. The highest BCUT2D eigenvalue weighted by Gasteiger charge is 2.10. The second kappa shape index (κ2) is 5.49. The number of hydrogen-bond acceptors (Lipinski definition) is 4. The van der Waals surface area contributed by atoms with Crippen molar-refractivity contribution < 1.29 is 0 Å². The fourth-order valence-electron chi connectivity index (χ4n) is 3.04. The molecule has 0 saturated heterocycles. The minimum atomic E-state index is 0.854. The van der Waals surface area contributed by atoms with E-state index in [1.807, 2.05) is 49.1 Å². The van der Waals surface area contributed by atoms with Gasteiger partial charge in [0.1, 0.15) is 5.65 Å². The van der Waals surface area contributed by atoms with Gasteiger partial charge in [-0.2, -0.15) is 0 Å². The van der Waals surface area contributed by atoms with E-state index in [1.54, 1.807) is 12.4 Å². The predicted octanol–water partition coefficient (Wildman–Crippen LogP) is 4.24. The fourth-order valence-corrected chi connectivity index (χ4v) is 3.04. The van der Waals surface area contributed by atoms with Crippen molar-refractivity contribution >= 4 is 21.9 Å². The normalized spacial score (nSPS) is 11.2. The maximum absolute atomic E-state index is 4.57. The summed E-state index contributed by atoms with van der Waals surface area (Å²) in [6.45, 7) is 0. The van der Waals surface area contributed by atoms with Crippen LogP contribution in [-0.4, -0.2) is 24.9 Å². The zero-order valence-corrected chi connectivity index (χ0v) is 13.2. The molecule has 0 aliphatic carbocycles. The van der Waals surface area contributed by atoms with E-state index in [1.165, 1.54) is 0 Å². The van der Waals surface area contributed by atoms with Gasteiger partial charge in [-0.05, 0) is 30.3 Å². The van der Waals surface area contributed by atoms with Gasteiger partial charge in [-0.25, -0.2) is 4.98 Å². The molecule has 0 aliphatic heterocycles. The van der Waals surface area contributed by atoms with E-state index in [0.717, 1.165) is 44.3 Å². The summed E-state index contributed by atoms with van der Waals surface area (Å²) in [5, 5.41) is 2.17. The molecular formula is C20H13N5. The molecule has 5 rings (SSSR count). The second-order valence-electron chi connectivity index (χ2n) is 5.84. The molecule has 0 fully saturated rings. The molecule has 0 unspecified atom stereocenters. The molecule has 0 saturated carbocycles. The molecular weight excluding hydrogens is 310 g/mol. The van der Waals surface area contributed by atoms with Crippen LogP contribution in [0.4, 0.5) is 0 Å². The van der Waals surface area contributed by atoms with Gasteiger partial charge in [0.2, 0.25) is 0 Å². The maximum Gasteiger partial charge on any atom is 0.138 e. The lowest BCUT2D eigenvalue weighted by Crippen LogP contribution is -1.84. The van der Waals surface area contributed by atoms with Crippen LogP contribution in [0.15, 0.2) is 73.6 Å². The van der Waals surface area contributed by atoms with Gasteiger partial charge in [0.05, 0.1) is 17.4 Å². The summed E-state index contributed by atoms with van der Waals surface area (Å²) in [7, 11) is 0. The molecule has 0 aliphatic rings. The van der Waals surface area contributed by atoms with E-state index >= 15 is 0 Å². The Bertz CT molecular complexity index is 1090. The molecule has 5 nitrogen and oxygen atoms in total. The monoisotopic (exact) mass is 323 g/mol. The third-order valence-corrected chi connectivity index (χ3v) is 4.29. The first kappa shape index (κ1) is 13.8. The Morgan fingerprint density at radius 3 is 2.24 bits per heavy atom. The highest BCUT2D eigenvalue weighted by Crippen LogP contribution is 2.30. The molecule has 0 atom stereocenters. The van der Waals surface area contributed by atoms with Crippen LogP contribution in [0.3, 0.4) is 0 Å². The quantitative estimate of drug-likeness (QED) is 0.528. The van der Waals surface area contributed by atoms with Gasteiger partial charge in [0, 0.05) is 58.4 Å². The molecule has 0 radical (unpaired) electrons.